The maximum atomic E-state index is 5.91. The molecule has 0 fully saturated rings. The number of aromatic nitrogens is 2. The second-order valence-electron chi connectivity index (χ2n) is 4.47. The molecule has 0 amide bonds. The van der Waals surface area contributed by atoms with Gasteiger partial charge in [0.25, 0.3) is 0 Å². The van der Waals surface area contributed by atoms with Crippen LogP contribution in [-0.2, 0) is 7.05 Å². The Bertz CT molecular complexity index is 514. The molecule has 0 atom stereocenters. The second kappa shape index (κ2) is 4.49. The van der Waals surface area contributed by atoms with E-state index < -0.39 is 0 Å². The molecule has 2 aromatic rings. The lowest BCUT2D eigenvalue weighted by Crippen LogP contribution is -1.99. The molecule has 1 aromatic heterocycles. The van der Waals surface area contributed by atoms with Crippen LogP contribution in [0.4, 0.5) is 17.1 Å². The zero-order chi connectivity index (χ0) is 12.4. The standard InChI is InChI=1S/C13H18N4/c1-9(2)13-12(8-17(3)16-13)15-11-7-5-4-6-10(11)14/h4-9,15H,14H2,1-3H3. The summed E-state index contributed by atoms with van der Waals surface area (Å²) in [5.41, 5.74) is 9.64. The van der Waals surface area contributed by atoms with Crippen molar-refractivity contribution in [2.24, 2.45) is 7.05 Å². The van der Waals surface area contributed by atoms with Crippen molar-refractivity contribution in [2.45, 2.75) is 19.8 Å². The van der Waals surface area contributed by atoms with Gasteiger partial charge in [-0.1, -0.05) is 26.0 Å². The first-order chi connectivity index (χ1) is 8.08. The highest BCUT2D eigenvalue weighted by molar-refractivity contribution is 5.73. The molecule has 1 heterocycles. The van der Waals surface area contributed by atoms with Crippen molar-refractivity contribution >= 4 is 17.1 Å². The Morgan fingerprint density at radius 3 is 2.59 bits per heavy atom. The molecule has 0 saturated carbocycles. The predicted octanol–water partition coefficient (Wildman–Crippen LogP) is 2.87. The minimum atomic E-state index is 0.378. The molecule has 0 bridgehead atoms. The Balaban J connectivity index is 2.33. The minimum Gasteiger partial charge on any atom is -0.397 e. The number of anilines is 3. The van der Waals surface area contributed by atoms with Gasteiger partial charge in [0.05, 0.1) is 22.8 Å². The van der Waals surface area contributed by atoms with Gasteiger partial charge in [-0.25, -0.2) is 0 Å². The lowest BCUT2D eigenvalue weighted by molar-refractivity contribution is 0.713. The number of hydrogen-bond acceptors (Lipinski definition) is 3. The van der Waals surface area contributed by atoms with Gasteiger partial charge in [0.1, 0.15) is 0 Å². The number of para-hydroxylation sites is 2. The monoisotopic (exact) mass is 230 g/mol. The van der Waals surface area contributed by atoms with Gasteiger partial charge >= 0.3 is 0 Å². The molecular formula is C13H18N4. The highest BCUT2D eigenvalue weighted by atomic mass is 15.3. The molecule has 90 valence electrons. The largest absolute Gasteiger partial charge is 0.397 e. The predicted molar refractivity (Wildman–Crippen MR) is 71.4 cm³/mol. The van der Waals surface area contributed by atoms with Crippen molar-refractivity contribution in [3.05, 3.63) is 36.2 Å². The van der Waals surface area contributed by atoms with E-state index in [0.29, 0.717) is 5.92 Å². The Kier molecular flexibility index (Phi) is 3.04. The molecule has 0 unspecified atom stereocenters. The molecule has 2 rings (SSSR count). The number of hydrogen-bond donors (Lipinski definition) is 2. The van der Waals surface area contributed by atoms with Crippen LogP contribution < -0.4 is 11.1 Å². The fraction of sp³-hybridized carbons (Fsp3) is 0.308. The summed E-state index contributed by atoms with van der Waals surface area (Å²) in [5.74, 6) is 0.378. The third-order valence-electron chi connectivity index (χ3n) is 2.63. The summed E-state index contributed by atoms with van der Waals surface area (Å²) in [6, 6.07) is 7.73. The normalized spacial score (nSPS) is 10.8. The van der Waals surface area contributed by atoms with E-state index in [2.05, 4.69) is 24.3 Å². The van der Waals surface area contributed by atoms with Crippen LogP contribution in [0.2, 0.25) is 0 Å². The summed E-state index contributed by atoms with van der Waals surface area (Å²) < 4.78 is 1.82. The van der Waals surface area contributed by atoms with Crippen LogP contribution in [0, 0.1) is 0 Å². The van der Waals surface area contributed by atoms with Gasteiger partial charge in [0.15, 0.2) is 0 Å². The van der Waals surface area contributed by atoms with Crippen molar-refractivity contribution < 1.29 is 0 Å². The van der Waals surface area contributed by atoms with E-state index in [-0.39, 0.29) is 0 Å². The van der Waals surface area contributed by atoms with E-state index in [9.17, 15) is 0 Å². The van der Waals surface area contributed by atoms with Crippen LogP contribution in [0.5, 0.6) is 0 Å². The van der Waals surface area contributed by atoms with Crippen molar-refractivity contribution in [3.63, 3.8) is 0 Å². The van der Waals surface area contributed by atoms with Crippen molar-refractivity contribution in [1.29, 1.82) is 0 Å². The number of nitrogens with zero attached hydrogens (tertiary/aromatic N) is 2. The maximum Gasteiger partial charge on any atom is 0.0884 e. The average Bonchev–Trinajstić information content (AvgIpc) is 2.63. The third kappa shape index (κ3) is 2.41. The number of benzene rings is 1. The average molecular weight is 230 g/mol. The molecule has 1 aromatic carbocycles. The topological polar surface area (TPSA) is 55.9 Å². The Hall–Kier alpha value is -1.97. The number of nitrogens with two attached hydrogens (primary N) is 1. The second-order valence-corrected chi connectivity index (χ2v) is 4.47. The fourth-order valence-electron chi connectivity index (χ4n) is 1.78. The molecule has 0 aliphatic rings. The Morgan fingerprint density at radius 1 is 1.24 bits per heavy atom. The minimum absolute atomic E-state index is 0.378. The summed E-state index contributed by atoms with van der Waals surface area (Å²) >= 11 is 0. The van der Waals surface area contributed by atoms with Crippen LogP contribution in [0.15, 0.2) is 30.5 Å². The molecule has 4 heteroatoms. The summed E-state index contributed by atoms with van der Waals surface area (Å²) in [4.78, 5) is 0. The first kappa shape index (κ1) is 11.5. The summed E-state index contributed by atoms with van der Waals surface area (Å²) in [6.45, 7) is 4.25. The van der Waals surface area contributed by atoms with E-state index in [4.69, 9.17) is 5.73 Å². The molecule has 0 aliphatic heterocycles. The number of nitrogens with one attached hydrogen (secondary N) is 1. The van der Waals surface area contributed by atoms with Gasteiger partial charge in [-0.15, -0.1) is 0 Å². The van der Waals surface area contributed by atoms with Crippen LogP contribution in [0.3, 0.4) is 0 Å². The van der Waals surface area contributed by atoms with Gasteiger partial charge in [0.2, 0.25) is 0 Å². The van der Waals surface area contributed by atoms with Gasteiger partial charge in [-0.05, 0) is 18.1 Å². The summed E-state index contributed by atoms with van der Waals surface area (Å²) in [6.07, 6.45) is 1.97. The van der Waals surface area contributed by atoms with Gasteiger partial charge in [0, 0.05) is 13.2 Å². The molecule has 17 heavy (non-hydrogen) atoms. The van der Waals surface area contributed by atoms with E-state index in [1.54, 1.807) is 0 Å². The van der Waals surface area contributed by atoms with Gasteiger partial charge < -0.3 is 11.1 Å². The Labute approximate surface area is 101 Å². The Morgan fingerprint density at radius 2 is 1.94 bits per heavy atom. The van der Waals surface area contributed by atoms with Crippen LogP contribution >= 0.6 is 0 Å². The van der Waals surface area contributed by atoms with Crippen molar-refractivity contribution in [2.75, 3.05) is 11.1 Å². The van der Waals surface area contributed by atoms with E-state index in [1.165, 1.54) is 0 Å². The molecule has 4 nitrogen and oxygen atoms in total. The third-order valence-corrected chi connectivity index (χ3v) is 2.63. The molecular weight excluding hydrogens is 212 g/mol. The lowest BCUT2D eigenvalue weighted by atomic mass is 10.1. The molecule has 0 radical (unpaired) electrons. The first-order valence-corrected chi connectivity index (χ1v) is 5.73. The van der Waals surface area contributed by atoms with Gasteiger partial charge in [-0.3, -0.25) is 4.68 Å². The van der Waals surface area contributed by atoms with Crippen LogP contribution in [0.1, 0.15) is 25.5 Å². The molecule has 0 saturated heterocycles. The molecule has 3 N–H and O–H groups in total. The lowest BCUT2D eigenvalue weighted by Gasteiger charge is -2.10. The smallest absolute Gasteiger partial charge is 0.0884 e. The highest BCUT2D eigenvalue weighted by Crippen LogP contribution is 2.28. The zero-order valence-electron chi connectivity index (χ0n) is 10.4. The fourth-order valence-corrected chi connectivity index (χ4v) is 1.78. The van der Waals surface area contributed by atoms with E-state index in [1.807, 2.05) is 42.2 Å². The van der Waals surface area contributed by atoms with Crippen molar-refractivity contribution in [1.82, 2.24) is 9.78 Å². The van der Waals surface area contributed by atoms with E-state index in [0.717, 1.165) is 22.8 Å². The van der Waals surface area contributed by atoms with Gasteiger partial charge in [-0.2, -0.15) is 5.10 Å². The molecule has 0 spiro atoms. The van der Waals surface area contributed by atoms with E-state index >= 15 is 0 Å². The highest BCUT2D eigenvalue weighted by Gasteiger charge is 2.12. The summed E-state index contributed by atoms with van der Waals surface area (Å²) in [7, 11) is 1.92. The SMILES string of the molecule is CC(C)c1nn(C)cc1Nc1ccccc1N. The van der Waals surface area contributed by atoms with Crippen molar-refractivity contribution in [3.8, 4) is 0 Å². The number of nitrogen functional groups attached to an aromatic ring is 1. The maximum absolute atomic E-state index is 5.91. The van der Waals surface area contributed by atoms with Crippen LogP contribution in [-0.4, -0.2) is 9.78 Å². The summed E-state index contributed by atoms with van der Waals surface area (Å²) in [5, 5.41) is 7.78. The molecule has 0 aliphatic carbocycles. The first-order valence-electron chi connectivity index (χ1n) is 5.73. The number of rotatable bonds is 3. The number of aryl methyl sites for hydroxylation is 1. The van der Waals surface area contributed by atoms with Crippen LogP contribution in [0.25, 0.3) is 0 Å². The zero-order valence-corrected chi connectivity index (χ0v) is 10.4. The quantitative estimate of drug-likeness (QED) is 0.797.